The molecule has 1 heterocycles. The molecule has 1 fully saturated rings. The lowest BCUT2D eigenvalue weighted by Crippen LogP contribution is -2.24. The third-order valence-corrected chi connectivity index (χ3v) is 3.24. The molecule has 1 aliphatic carbocycles. The third kappa shape index (κ3) is 3.73. The van der Waals surface area contributed by atoms with Crippen molar-refractivity contribution in [3.8, 4) is 6.08 Å². The van der Waals surface area contributed by atoms with Gasteiger partial charge in [-0.25, -0.2) is 0 Å². The van der Waals surface area contributed by atoms with Crippen molar-refractivity contribution < 1.29 is 9.15 Å². The highest BCUT2D eigenvalue weighted by atomic mass is 16.6. The van der Waals surface area contributed by atoms with Crippen LogP contribution in [0.2, 0.25) is 0 Å². The molecule has 0 amide bonds. The topological polar surface area (TPSA) is 47.3 Å². The zero-order chi connectivity index (χ0) is 12.1. The standard InChI is InChI=1S/C13H22N2O2/c1-3-14-8-11-9-16-13(15-11)17-12-6-4-5-10(2)7-12/h9-10,12,14H,3-8H2,1-2H3. The van der Waals surface area contributed by atoms with Crippen molar-refractivity contribution in [3.63, 3.8) is 0 Å². The van der Waals surface area contributed by atoms with Crippen LogP contribution < -0.4 is 10.1 Å². The minimum Gasteiger partial charge on any atom is -0.447 e. The van der Waals surface area contributed by atoms with Crippen LogP contribution in [0, 0.1) is 5.92 Å². The quantitative estimate of drug-likeness (QED) is 0.856. The highest BCUT2D eigenvalue weighted by molar-refractivity contribution is 5.00. The Balaban J connectivity index is 1.83. The highest BCUT2D eigenvalue weighted by Gasteiger charge is 2.21. The predicted octanol–water partition coefficient (Wildman–Crippen LogP) is 2.74. The fraction of sp³-hybridized carbons (Fsp3) is 0.769. The number of oxazole rings is 1. The normalized spacial score (nSPS) is 24.8. The van der Waals surface area contributed by atoms with E-state index in [2.05, 4.69) is 24.1 Å². The molecule has 0 spiro atoms. The molecular formula is C13H22N2O2. The summed E-state index contributed by atoms with van der Waals surface area (Å²) in [6.07, 6.45) is 7.18. The number of nitrogens with zero attached hydrogens (tertiary/aromatic N) is 1. The molecule has 1 aromatic rings. The van der Waals surface area contributed by atoms with Crippen molar-refractivity contribution in [3.05, 3.63) is 12.0 Å². The second kappa shape index (κ2) is 6.05. The first-order chi connectivity index (χ1) is 8.28. The largest absolute Gasteiger partial charge is 0.447 e. The van der Waals surface area contributed by atoms with Gasteiger partial charge < -0.3 is 14.5 Å². The monoisotopic (exact) mass is 238 g/mol. The van der Waals surface area contributed by atoms with Gasteiger partial charge in [0.25, 0.3) is 0 Å². The first kappa shape index (κ1) is 12.4. The van der Waals surface area contributed by atoms with E-state index in [1.807, 2.05) is 0 Å². The highest BCUT2D eigenvalue weighted by Crippen LogP contribution is 2.26. The van der Waals surface area contributed by atoms with Gasteiger partial charge in [0.2, 0.25) is 0 Å². The van der Waals surface area contributed by atoms with Crippen LogP contribution in [0.5, 0.6) is 6.08 Å². The first-order valence-electron chi connectivity index (χ1n) is 6.59. The number of rotatable bonds is 5. The minimum absolute atomic E-state index is 0.282. The zero-order valence-corrected chi connectivity index (χ0v) is 10.7. The van der Waals surface area contributed by atoms with Crippen molar-refractivity contribution in [2.75, 3.05) is 6.54 Å². The lowest BCUT2D eigenvalue weighted by atomic mass is 9.89. The maximum Gasteiger partial charge on any atom is 0.394 e. The Bertz CT molecular complexity index is 338. The molecule has 0 aliphatic heterocycles. The fourth-order valence-corrected chi connectivity index (χ4v) is 2.30. The molecule has 0 bridgehead atoms. The molecule has 1 aromatic heterocycles. The van der Waals surface area contributed by atoms with Crippen LogP contribution in [0.25, 0.3) is 0 Å². The third-order valence-electron chi connectivity index (χ3n) is 3.24. The Morgan fingerprint density at radius 2 is 2.41 bits per heavy atom. The van der Waals surface area contributed by atoms with E-state index in [0.29, 0.717) is 6.08 Å². The van der Waals surface area contributed by atoms with Gasteiger partial charge >= 0.3 is 6.08 Å². The van der Waals surface area contributed by atoms with Crippen LogP contribution in [0.1, 0.15) is 45.2 Å². The Kier molecular flexibility index (Phi) is 4.42. The van der Waals surface area contributed by atoms with Crippen LogP contribution in [0.3, 0.4) is 0 Å². The lowest BCUT2D eigenvalue weighted by Gasteiger charge is -2.25. The zero-order valence-electron chi connectivity index (χ0n) is 10.7. The summed E-state index contributed by atoms with van der Waals surface area (Å²) in [7, 11) is 0. The second-order valence-electron chi connectivity index (χ2n) is 4.90. The molecule has 96 valence electrons. The molecule has 0 radical (unpaired) electrons. The summed E-state index contributed by atoms with van der Waals surface area (Å²) in [4.78, 5) is 4.32. The summed E-state index contributed by atoms with van der Waals surface area (Å²) in [6, 6.07) is 0. The molecule has 2 atom stereocenters. The van der Waals surface area contributed by atoms with E-state index < -0.39 is 0 Å². The predicted molar refractivity (Wildman–Crippen MR) is 65.9 cm³/mol. The molecule has 0 aromatic carbocycles. The Morgan fingerprint density at radius 3 is 3.18 bits per heavy atom. The van der Waals surface area contributed by atoms with E-state index in [1.54, 1.807) is 6.26 Å². The molecule has 1 aliphatic rings. The minimum atomic E-state index is 0.282. The van der Waals surface area contributed by atoms with Crippen LogP contribution in [0.15, 0.2) is 10.7 Å². The number of nitrogens with one attached hydrogen (secondary N) is 1. The van der Waals surface area contributed by atoms with Crippen LogP contribution in [0.4, 0.5) is 0 Å². The van der Waals surface area contributed by atoms with Crippen LogP contribution in [-0.2, 0) is 6.54 Å². The van der Waals surface area contributed by atoms with Crippen molar-refractivity contribution in [2.45, 2.75) is 52.2 Å². The smallest absolute Gasteiger partial charge is 0.394 e. The van der Waals surface area contributed by atoms with Gasteiger partial charge in [-0.3, -0.25) is 0 Å². The molecule has 1 saturated carbocycles. The van der Waals surface area contributed by atoms with Gasteiger partial charge in [-0.1, -0.05) is 20.3 Å². The number of hydrogen-bond donors (Lipinski definition) is 1. The van der Waals surface area contributed by atoms with Crippen molar-refractivity contribution >= 4 is 0 Å². The lowest BCUT2D eigenvalue weighted by molar-refractivity contribution is 0.0938. The van der Waals surface area contributed by atoms with E-state index in [4.69, 9.17) is 9.15 Å². The molecule has 17 heavy (non-hydrogen) atoms. The average Bonchev–Trinajstić information content (AvgIpc) is 2.74. The van der Waals surface area contributed by atoms with Crippen LogP contribution >= 0.6 is 0 Å². The van der Waals surface area contributed by atoms with Crippen molar-refractivity contribution in [1.29, 1.82) is 0 Å². The summed E-state index contributed by atoms with van der Waals surface area (Å²) in [5.41, 5.74) is 0.908. The van der Waals surface area contributed by atoms with Gasteiger partial charge in [-0.05, 0) is 31.7 Å². The molecule has 4 nitrogen and oxygen atoms in total. The van der Waals surface area contributed by atoms with E-state index in [-0.39, 0.29) is 6.10 Å². The van der Waals surface area contributed by atoms with E-state index >= 15 is 0 Å². The van der Waals surface area contributed by atoms with Gasteiger partial charge in [0, 0.05) is 6.54 Å². The SMILES string of the molecule is CCNCc1coc(OC2CCCC(C)C2)n1. The number of aromatic nitrogens is 1. The van der Waals surface area contributed by atoms with Gasteiger partial charge in [0.1, 0.15) is 12.4 Å². The first-order valence-corrected chi connectivity index (χ1v) is 6.59. The van der Waals surface area contributed by atoms with E-state index in [0.717, 1.165) is 37.5 Å². The van der Waals surface area contributed by atoms with Crippen LogP contribution in [-0.4, -0.2) is 17.6 Å². The summed E-state index contributed by atoms with van der Waals surface area (Å²) in [5, 5.41) is 3.21. The van der Waals surface area contributed by atoms with Crippen molar-refractivity contribution in [1.82, 2.24) is 10.3 Å². The summed E-state index contributed by atoms with van der Waals surface area (Å²) in [5.74, 6) is 0.755. The fourth-order valence-electron chi connectivity index (χ4n) is 2.30. The molecule has 2 rings (SSSR count). The van der Waals surface area contributed by atoms with E-state index in [1.165, 1.54) is 12.8 Å². The average molecular weight is 238 g/mol. The number of hydrogen-bond acceptors (Lipinski definition) is 4. The molecule has 1 N–H and O–H groups in total. The summed E-state index contributed by atoms with van der Waals surface area (Å²) >= 11 is 0. The molecular weight excluding hydrogens is 216 g/mol. The summed E-state index contributed by atoms with van der Waals surface area (Å²) < 4.78 is 11.1. The molecule has 4 heteroatoms. The van der Waals surface area contributed by atoms with Gasteiger partial charge in [0.15, 0.2) is 0 Å². The number of ether oxygens (including phenoxy) is 1. The Hall–Kier alpha value is -1.03. The maximum absolute atomic E-state index is 5.78. The maximum atomic E-state index is 5.78. The molecule has 2 unspecified atom stereocenters. The summed E-state index contributed by atoms with van der Waals surface area (Å²) in [6.45, 7) is 6.02. The van der Waals surface area contributed by atoms with Crippen molar-refractivity contribution in [2.24, 2.45) is 5.92 Å². The molecule has 0 saturated heterocycles. The van der Waals surface area contributed by atoms with Gasteiger partial charge in [0.05, 0.1) is 5.69 Å². The Morgan fingerprint density at radius 1 is 1.53 bits per heavy atom. The Labute approximate surface area is 103 Å². The van der Waals surface area contributed by atoms with Gasteiger partial charge in [-0.2, -0.15) is 4.98 Å². The second-order valence-corrected chi connectivity index (χ2v) is 4.90. The van der Waals surface area contributed by atoms with Gasteiger partial charge in [-0.15, -0.1) is 0 Å². The van der Waals surface area contributed by atoms with E-state index in [9.17, 15) is 0 Å².